The summed E-state index contributed by atoms with van der Waals surface area (Å²) in [4.78, 5) is 13.6. The molecule has 0 saturated heterocycles. The van der Waals surface area contributed by atoms with Crippen LogP contribution in [-0.2, 0) is 46.2 Å². The molecule has 2 rings (SSSR count). The summed E-state index contributed by atoms with van der Waals surface area (Å²) in [6, 6.07) is 13.0. The van der Waals surface area contributed by atoms with E-state index in [-0.39, 0.29) is 6.42 Å². The average Bonchev–Trinajstić information content (AvgIpc) is 2.94. The minimum Gasteiger partial charge on any atom is -0.497 e. The minimum absolute atomic E-state index is 0.0465. The zero-order valence-corrected chi connectivity index (χ0v) is 24.1. The van der Waals surface area contributed by atoms with Crippen LogP contribution in [0, 0.1) is 0 Å². The molecule has 0 spiro atoms. The van der Waals surface area contributed by atoms with Gasteiger partial charge in [-0.2, -0.15) is 0 Å². The second-order valence-electron chi connectivity index (χ2n) is 7.42. The molecule has 0 aliphatic carbocycles. The van der Waals surface area contributed by atoms with E-state index in [0.717, 1.165) is 18.4 Å². The van der Waals surface area contributed by atoms with E-state index in [1.807, 2.05) is 24.3 Å². The van der Waals surface area contributed by atoms with Crippen LogP contribution in [0.2, 0.25) is 0 Å². The summed E-state index contributed by atoms with van der Waals surface area (Å²) in [5.74, 6) is 0.488. The molecule has 4 unspecified atom stereocenters. The van der Waals surface area contributed by atoms with Gasteiger partial charge >= 0.3 is 29.1 Å². The lowest BCUT2D eigenvalue weighted by molar-refractivity contribution is -0.147. The van der Waals surface area contributed by atoms with Crippen LogP contribution in [-0.4, -0.2) is 72.3 Å². The third kappa shape index (κ3) is 10.3. The van der Waals surface area contributed by atoms with Gasteiger partial charge in [0, 0.05) is 9.35 Å². The van der Waals surface area contributed by atoms with E-state index in [4.69, 9.17) is 36.3 Å². The van der Waals surface area contributed by atoms with Crippen LogP contribution < -0.4 is 9.26 Å². The van der Waals surface area contributed by atoms with Crippen molar-refractivity contribution in [3.63, 3.8) is 0 Å². The monoisotopic (exact) mass is 606 g/mol. The number of benzene rings is 2. The topological polar surface area (TPSA) is 157 Å². The smallest absolute Gasteiger partial charge is 0.497 e. The van der Waals surface area contributed by atoms with Gasteiger partial charge in [-0.3, -0.25) is 9.32 Å². The molecule has 38 heavy (non-hydrogen) atoms. The zero-order valence-electron chi connectivity index (χ0n) is 20.6. The van der Waals surface area contributed by atoms with E-state index < -0.39 is 47.7 Å². The van der Waals surface area contributed by atoms with Crippen LogP contribution in [0.15, 0.2) is 53.6 Å². The van der Waals surface area contributed by atoms with Crippen LogP contribution in [0.25, 0.3) is 0 Å². The second-order valence-corrected chi connectivity index (χ2v) is 11.8. The first-order valence-corrected chi connectivity index (χ1v) is 15.7. The lowest BCUT2D eigenvalue weighted by atomic mass is 10.1. The maximum Gasteiger partial charge on any atom is 0.555 e. The number of nitrogens with zero attached hydrogens (tertiary/aromatic N) is 3. The summed E-state index contributed by atoms with van der Waals surface area (Å²) < 4.78 is 48.4. The molecule has 0 fully saturated rings. The van der Waals surface area contributed by atoms with Crippen molar-refractivity contribution in [2.75, 3.05) is 33.8 Å². The van der Waals surface area contributed by atoms with Gasteiger partial charge in [0.05, 0.1) is 27.5 Å². The normalized spacial score (nSPS) is 13.2. The Morgan fingerprint density at radius 1 is 1.00 bits per heavy atom. The molecule has 17 heteroatoms. The number of methoxy groups -OCH3 is 2. The molecule has 2 aromatic rings. The Kier molecular flexibility index (Phi) is 13.7. The Morgan fingerprint density at radius 3 is 2.05 bits per heavy atom. The molecular weight excluding hydrogens is 579 g/mol. The first-order chi connectivity index (χ1) is 18.2. The summed E-state index contributed by atoms with van der Waals surface area (Å²) in [5, 5.41) is 21.7. The Morgan fingerprint density at radius 2 is 1.55 bits per heavy atom. The Bertz CT molecular complexity index is 1120. The molecule has 0 amide bonds. The van der Waals surface area contributed by atoms with Crippen molar-refractivity contribution in [2.24, 2.45) is 5.10 Å². The predicted octanol–water partition coefficient (Wildman–Crippen LogP) is 4.58. The number of hydrazone groups is 1. The van der Waals surface area contributed by atoms with Crippen molar-refractivity contribution in [1.29, 1.82) is 0 Å². The molecule has 2 aromatic carbocycles. The summed E-state index contributed by atoms with van der Waals surface area (Å²) in [5.41, 5.74) is 1.51. The van der Waals surface area contributed by atoms with E-state index in [0.29, 0.717) is 11.3 Å². The van der Waals surface area contributed by atoms with Crippen molar-refractivity contribution in [3.8, 4) is 11.5 Å². The fraction of sp³-hybridized carbons (Fsp3) is 0.333. The number of carbonyl (C=O) groups is 1. The molecule has 0 saturated carbocycles. The molecule has 4 atom stereocenters. The van der Waals surface area contributed by atoms with Crippen LogP contribution in [0.5, 0.6) is 11.5 Å². The van der Waals surface area contributed by atoms with E-state index in [1.165, 1.54) is 9.68 Å². The van der Waals surface area contributed by atoms with Gasteiger partial charge in [0.2, 0.25) is 24.4 Å². The summed E-state index contributed by atoms with van der Waals surface area (Å²) in [6.45, 7) is 0. The van der Waals surface area contributed by atoms with Crippen molar-refractivity contribution in [2.45, 2.75) is 12.5 Å². The Balaban J connectivity index is 2.07. The van der Waals surface area contributed by atoms with Gasteiger partial charge in [-0.05, 0) is 63.1 Å². The fourth-order valence-electron chi connectivity index (χ4n) is 3.03. The fourth-order valence-corrected chi connectivity index (χ4v) is 5.42. The first kappa shape index (κ1) is 31.7. The SMILES string of the molecule is COC(=O)C(Cc1ccc(O[P+](=S)N(C)/N=C/c2ccc(OC)cc2)cc1)N(C[P+](=O)OO)C[P+](=O)OO. The van der Waals surface area contributed by atoms with Crippen molar-refractivity contribution in [3.05, 3.63) is 59.7 Å². The second kappa shape index (κ2) is 16.5. The highest BCUT2D eigenvalue weighted by Gasteiger charge is 2.39. The number of hydrogen-bond acceptors (Lipinski definition) is 13. The van der Waals surface area contributed by atoms with Gasteiger partial charge in [0.1, 0.15) is 11.8 Å². The van der Waals surface area contributed by atoms with E-state index >= 15 is 0 Å². The van der Waals surface area contributed by atoms with Gasteiger partial charge in [0.15, 0.2) is 5.75 Å². The molecule has 2 N–H and O–H groups in total. The van der Waals surface area contributed by atoms with Gasteiger partial charge in [-0.1, -0.05) is 16.9 Å². The number of rotatable bonds is 16. The number of esters is 1. The van der Waals surface area contributed by atoms with Gasteiger partial charge < -0.3 is 9.47 Å². The van der Waals surface area contributed by atoms with Crippen molar-refractivity contribution >= 4 is 47.1 Å². The van der Waals surface area contributed by atoms with Crippen molar-refractivity contribution < 1.29 is 47.8 Å². The number of ether oxygens (including phenoxy) is 2. The highest BCUT2D eigenvalue weighted by molar-refractivity contribution is 8.02. The van der Waals surface area contributed by atoms with Crippen LogP contribution in [0.3, 0.4) is 0 Å². The van der Waals surface area contributed by atoms with Gasteiger partial charge in [-0.25, -0.2) is 15.4 Å². The predicted molar refractivity (Wildman–Crippen MR) is 143 cm³/mol. The molecule has 0 heterocycles. The van der Waals surface area contributed by atoms with Crippen molar-refractivity contribution in [1.82, 2.24) is 9.68 Å². The van der Waals surface area contributed by atoms with Gasteiger partial charge in [0.25, 0.3) is 0 Å². The Hall–Kier alpha value is -2.50. The number of carbonyl (C=O) groups excluding carboxylic acids is 1. The van der Waals surface area contributed by atoms with E-state index in [9.17, 15) is 13.9 Å². The Labute approximate surface area is 227 Å². The average molecular weight is 606 g/mol. The van der Waals surface area contributed by atoms with Gasteiger partial charge in [-0.15, -0.1) is 5.10 Å². The summed E-state index contributed by atoms with van der Waals surface area (Å²) in [7, 11) is -2.32. The maximum absolute atomic E-state index is 12.5. The first-order valence-electron chi connectivity index (χ1n) is 10.7. The largest absolute Gasteiger partial charge is 0.555 e. The molecule has 0 aromatic heterocycles. The van der Waals surface area contributed by atoms with Crippen LogP contribution >= 0.6 is 23.1 Å². The lowest BCUT2D eigenvalue weighted by Gasteiger charge is -2.22. The van der Waals surface area contributed by atoms with E-state index in [1.54, 1.807) is 44.6 Å². The zero-order chi connectivity index (χ0) is 28.1. The molecule has 0 bridgehead atoms. The highest BCUT2D eigenvalue weighted by atomic mass is 32.4. The molecule has 0 aliphatic rings. The third-order valence-corrected chi connectivity index (χ3v) is 8.38. The summed E-state index contributed by atoms with van der Waals surface area (Å²) >= 11 is 5.43. The molecule has 13 nitrogen and oxygen atoms in total. The molecule has 0 radical (unpaired) electrons. The number of hydrogen-bond donors (Lipinski definition) is 2. The molecule has 0 aliphatic heterocycles. The molecular formula is C21H27N3O10P3S+3. The van der Waals surface area contributed by atoms with Crippen LogP contribution in [0.4, 0.5) is 0 Å². The van der Waals surface area contributed by atoms with Crippen LogP contribution in [0.1, 0.15) is 11.1 Å². The standard InChI is InChI=1S/C21H25N3O10P3S/c1-23(22-13-17-6-8-18(30-2)9-7-17)37(38)32-19-10-4-16(5-11-19)12-20(21(25)31-3)24(14-35(28)33-26)15-36(29)34-27/h4-11,13,20H,12,14-15H2,1-3H3/q+1/p+2/b22-13+. The highest BCUT2D eigenvalue weighted by Crippen LogP contribution is 2.32. The quantitative estimate of drug-likeness (QED) is 0.0901. The third-order valence-electron chi connectivity index (χ3n) is 4.95. The summed E-state index contributed by atoms with van der Waals surface area (Å²) in [6.07, 6.45) is 0.754. The van der Waals surface area contributed by atoms with E-state index in [2.05, 4.69) is 14.5 Å². The molecule has 204 valence electrons. The maximum atomic E-state index is 12.5. The lowest BCUT2D eigenvalue weighted by Crippen LogP contribution is -2.43. The minimum atomic E-state index is -2.63.